The maximum Gasteiger partial charge on any atom is 0.341 e. The normalized spacial score (nSPS) is 12.4. The third-order valence-corrected chi connectivity index (χ3v) is 7.18. The Morgan fingerprint density at radius 2 is 1.88 bits per heavy atom. The number of aryl methyl sites for hydroxylation is 1. The number of hydrogen-bond acceptors (Lipinski definition) is 6. The van der Waals surface area contributed by atoms with Gasteiger partial charge < -0.3 is 14.8 Å². The van der Waals surface area contributed by atoms with Gasteiger partial charge in [-0.1, -0.05) is 18.2 Å². The maximum atomic E-state index is 13.6. The number of methoxy groups -OCH3 is 1. The predicted octanol–water partition coefficient (Wildman–Crippen LogP) is 5.89. The van der Waals surface area contributed by atoms with Crippen LogP contribution in [0.2, 0.25) is 0 Å². The van der Waals surface area contributed by atoms with Gasteiger partial charge in [0.05, 0.1) is 36.1 Å². The SMILES string of the molecule is CCOC(=O)c1c(NC(=O)c2cc(-c3ccc(OC)cc3)nc3ccccc23)sc2c1CCC2. The van der Waals surface area contributed by atoms with Gasteiger partial charge in [0, 0.05) is 15.8 Å². The number of carbonyl (C=O) groups is 2. The van der Waals surface area contributed by atoms with Crippen molar-refractivity contribution in [3.63, 3.8) is 0 Å². The van der Waals surface area contributed by atoms with Gasteiger partial charge in [0.2, 0.25) is 0 Å². The van der Waals surface area contributed by atoms with Gasteiger partial charge >= 0.3 is 5.97 Å². The predicted molar refractivity (Wildman–Crippen MR) is 134 cm³/mol. The van der Waals surface area contributed by atoms with Gasteiger partial charge in [-0.15, -0.1) is 11.3 Å². The molecular formula is C27H24N2O4S. The van der Waals surface area contributed by atoms with Crippen LogP contribution in [0, 0.1) is 0 Å². The molecule has 0 atom stereocenters. The summed E-state index contributed by atoms with van der Waals surface area (Å²) in [4.78, 5) is 32.2. The van der Waals surface area contributed by atoms with E-state index in [9.17, 15) is 9.59 Å². The first-order chi connectivity index (χ1) is 16.6. The summed E-state index contributed by atoms with van der Waals surface area (Å²) >= 11 is 1.47. The Bertz CT molecular complexity index is 1390. The number of carbonyl (C=O) groups excluding carboxylic acids is 2. The molecule has 0 fully saturated rings. The van der Waals surface area contributed by atoms with Crippen molar-refractivity contribution in [3.05, 3.63) is 76.2 Å². The van der Waals surface area contributed by atoms with E-state index in [0.29, 0.717) is 21.8 Å². The Labute approximate surface area is 201 Å². The van der Waals surface area contributed by atoms with Crippen LogP contribution in [-0.4, -0.2) is 30.6 Å². The number of ether oxygens (including phenoxy) is 2. The van der Waals surface area contributed by atoms with Crippen LogP contribution in [0.3, 0.4) is 0 Å². The molecule has 0 saturated heterocycles. The average Bonchev–Trinajstić information content (AvgIpc) is 3.44. The van der Waals surface area contributed by atoms with Crippen LogP contribution in [0.5, 0.6) is 5.75 Å². The summed E-state index contributed by atoms with van der Waals surface area (Å²) in [7, 11) is 1.62. The number of hydrogen-bond donors (Lipinski definition) is 1. The lowest BCUT2D eigenvalue weighted by atomic mass is 10.0. The first-order valence-electron chi connectivity index (χ1n) is 11.3. The van der Waals surface area contributed by atoms with Crippen molar-refractivity contribution in [2.24, 2.45) is 0 Å². The summed E-state index contributed by atoms with van der Waals surface area (Å²) in [5.41, 5.74) is 4.30. The van der Waals surface area contributed by atoms with Gasteiger partial charge in [-0.05, 0) is 68.1 Å². The van der Waals surface area contributed by atoms with Crippen molar-refractivity contribution in [2.45, 2.75) is 26.2 Å². The van der Waals surface area contributed by atoms with Crippen LogP contribution in [0.15, 0.2) is 54.6 Å². The fraction of sp³-hybridized carbons (Fsp3) is 0.222. The van der Waals surface area contributed by atoms with Gasteiger partial charge in [-0.3, -0.25) is 4.79 Å². The molecule has 5 rings (SSSR count). The average molecular weight is 473 g/mol. The molecule has 7 heteroatoms. The summed E-state index contributed by atoms with van der Waals surface area (Å²) in [6.45, 7) is 2.07. The van der Waals surface area contributed by atoms with Crippen LogP contribution in [0.1, 0.15) is 44.5 Å². The Kier molecular flexibility index (Phi) is 6.02. The highest BCUT2D eigenvalue weighted by atomic mass is 32.1. The number of pyridine rings is 1. The number of amides is 1. The molecule has 4 aromatic rings. The Balaban J connectivity index is 1.56. The highest BCUT2D eigenvalue weighted by Gasteiger charge is 2.29. The number of para-hydroxylation sites is 1. The molecule has 0 spiro atoms. The van der Waals surface area contributed by atoms with Crippen molar-refractivity contribution < 1.29 is 19.1 Å². The Hall–Kier alpha value is -3.71. The number of benzene rings is 2. The van der Waals surface area contributed by atoms with Gasteiger partial charge in [0.25, 0.3) is 5.91 Å². The van der Waals surface area contributed by atoms with Crippen LogP contribution >= 0.6 is 11.3 Å². The molecule has 2 aromatic carbocycles. The second-order valence-corrected chi connectivity index (χ2v) is 9.14. The van der Waals surface area contributed by atoms with Crippen molar-refractivity contribution in [1.29, 1.82) is 0 Å². The quantitative estimate of drug-likeness (QED) is 0.354. The zero-order valence-corrected chi connectivity index (χ0v) is 19.8. The second-order valence-electron chi connectivity index (χ2n) is 8.04. The smallest absolute Gasteiger partial charge is 0.341 e. The molecule has 172 valence electrons. The van der Waals surface area contributed by atoms with Crippen molar-refractivity contribution >= 4 is 39.1 Å². The molecule has 34 heavy (non-hydrogen) atoms. The van der Waals surface area contributed by atoms with Crippen LogP contribution in [0.25, 0.3) is 22.2 Å². The van der Waals surface area contributed by atoms with Crippen molar-refractivity contribution in [3.8, 4) is 17.0 Å². The highest BCUT2D eigenvalue weighted by Crippen LogP contribution is 2.40. The number of esters is 1. The number of anilines is 1. The summed E-state index contributed by atoms with van der Waals surface area (Å²) in [6.07, 6.45) is 2.76. The highest BCUT2D eigenvalue weighted by molar-refractivity contribution is 7.17. The van der Waals surface area contributed by atoms with Crippen LogP contribution < -0.4 is 10.1 Å². The molecule has 1 aliphatic rings. The van der Waals surface area contributed by atoms with E-state index in [-0.39, 0.29) is 18.5 Å². The number of fused-ring (bicyclic) bond motifs is 2. The minimum Gasteiger partial charge on any atom is -0.497 e. The molecule has 0 saturated carbocycles. The molecule has 1 N–H and O–H groups in total. The van der Waals surface area contributed by atoms with Crippen LogP contribution in [-0.2, 0) is 17.6 Å². The third kappa shape index (κ3) is 4.03. The molecule has 0 bridgehead atoms. The number of nitrogens with one attached hydrogen (secondary N) is 1. The summed E-state index contributed by atoms with van der Waals surface area (Å²) in [5.74, 6) is 0.0919. The summed E-state index contributed by atoms with van der Waals surface area (Å²) < 4.78 is 10.6. The standard InChI is InChI=1S/C27H24N2O4S/c1-3-33-27(31)24-19-8-6-10-23(19)34-26(24)29-25(30)20-15-22(16-11-13-17(32-2)14-12-16)28-21-9-5-4-7-18(20)21/h4-5,7,9,11-15H,3,6,8,10H2,1-2H3,(H,29,30). The Morgan fingerprint density at radius 1 is 1.09 bits per heavy atom. The molecular weight excluding hydrogens is 448 g/mol. The third-order valence-electron chi connectivity index (χ3n) is 5.97. The van der Waals surface area contributed by atoms with E-state index >= 15 is 0 Å². The minimum absolute atomic E-state index is 0.279. The number of rotatable bonds is 6. The van der Waals surface area contributed by atoms with E-state index in [2.05, 4.69) is 5.32 Å². The van der Waals surface area contributed by atoms with E-state index in [0.717, 1.165) is 51.9 Å². The van der Waals surface area contributed by atoms with E-state index in [4.69, 9.17) is 14.5 Å². The van der Waals surface area contributed by atoms with Gasteiger partial charge in [-0.2, -0.15) is 0 Å². The molecule has 0 aliphatic heterocycles. The van der Waals surface area contributed by atoms with E-state index in [1.54, 1.807) is 20.1 Å². The molecule has 0 unspecified atom stereocenters. The monoisotopic (exact) mass is 472 g/mol. The first kappa shape index (κ1) is 22.1. The largest absolute Gasteiger partial charge is 0.497 e. The van der Waals surface area contributed by atoms with Gasteiger partial charge in [-0.25, -0.2) is 9.78 Å². The molecule has 2 aromatic heterocycles. The number of nitrogens with zero attached hydrogens (tertiary/aromatic N) is 1. The van der Waals surface area contributed by atoms with Gasteiger partial charge in [0.1, 0.15) is 10.8 Å². The van der Waals surface area contributed by atoms with E-state index in [1.165, 1.54) is 11.3 Å². The minimum atomic E-state index is -0.379. The Morgan fingerprint density at radius 3 is 2.65 bits per heavy atom. The van der Waals surface area contributed by atoms with E-state index in [1.807, 2.05) is 48.5 Å². The molecule has 0 radical (unpaired) electrons. The van der Waals surface area contributed by atoms with Gasteiger partial charge in [0.15, 0.2) is 0 Å². The summed E-state index contributed by atoms with van der Waals surface area (Å²) in [5, 5.41) is 4.32. The lowest BCUT2D eigenvalue weighted by Gasteiger charge is -2.12. The molecule has 1 amide bonds. The molecule has 2 heterocycles. The number of aromatic nitrogens is 1. The van der Waals surface area contributed by atoms with Crippen LogP contribution in [0.4, 0.5) is 5.00 Å². The first-order valence-corrected chi connectivity index (χ1v) is 12.1. The molecule has 6 nitrogen and oxygen atoms in total. The fourth-order valence-corrected chi connectivity index (χ4v) is 5.63. The van der Waals surface area contributed by atoms with E-state index < -0.39 is 0 Å². The molecule has 1 aliphatic carbocycles. The fourth-order valence-electron chi connectivity index (χ4n) is 4.35. The van der Waals surface area contributed by atoms with Crippen molar-refractivity contribution in [2.75, 3.05) is 19.0 Å². The topological polar surface area (TPSA) is 77.5 Å². The zero-order chi connectivity index (χ0) is 23.7. The zero-order valence-electron chi connectivity index (χ0n) is 19.0. The lowest BCUT2D eigenvalue weighted by molar-refractivity contribution is 0.0527. The lowest BCUT2D eigenvalue weighted by Crippen LogP contribution is -2.16. The second kappa shape index (κ2) is 9.27. The summed E-state index contributed by atoms with van der Waals surface area (Å²) in [6, 6.07) is 16.9. The maximum absolute atomic E-state index is 13.6. The number of thiophene rings is 1. The van der Waals surface area contributed by atoms with Crippen molar-refractivity contribution in [1.82, 2.24) is 4.98 Å².